The number of likely N-dealkylation sites (N-methyl/N-ethyl adjacent to an activating group) is 2. The average molecular weight is 803 g/mol. The number of rotatable bonds is 6. The van der Waals surface area contributed by atoms with Gasteiger partial charge in [0.2, 0.25) is 0 Å². The molecular formula is C46H46N10O4. The molecule has 304 valence electrons. The number of morpholine rings is 2. The highest BCUT2D eigenvalue weighted by Crippen LogP contribution is 2.44. The van der Waals surface area contributed by atoms with Crippen LogP contribution in [0.5, 0.6) is 0 Å². The molecule has 0 bridgehead atoms. The second-order valence-corrected chi connectivity index (χ2v) is 15.2. The van der Waals surface area contributed by atoms with E-state index in [2.05, 4.69) is 29.7 Å². The molecule has 60 heavy (non-hydrogen) atoms. The molecule has 2 fully saturated rings. The van der Waals surface area contributed by atoms with E-state index >= 15 is 0 Å². The topological polar surface area (TPSA) is 143 Å². The molecule has 2 saturated heterocycles. The van der Waals surface area contributed by atoms with Crippen LogP contribution in [0, 0.1) is 0 Å². The first-order valence-electron chi connectivity index (χ1n) is 20.3. The second kappa shape index (κ2) is 15.8. The van der Waals surface area contributed by atoms with Crippen LogP contribution in [0.2, 0.25) is 0 Å². The number of pyridine rings is 2. The van der Waals surface area contributed by atoms with Crippen LogP contribution in [0.4, 0.5) is 23.0 Å². The zero-order chi connectivity index (χ0) is 41.4. The Labute approximate surface area is 348 Å². The van der Waals surface area contributed by atoms with Crippen LogP contribution in [0.3, 0.4) is 0 Å². The number of amides is 2. The first kappa shape index (κ1) is 38.9. The first-order valence-corrected chi connectivity index (χ1v) is 20.3. The van der Waals surface area contributed by atoms with Crippen molar-refractivity contribution in [3.63, 3.8) is 0 Å². The Morgan fingerprint density at radius 2 is 0.983 bits per heavy atom. The van der Waals surface area contributed by atoms with Crippen LogP contribution in [0.1, 0.15) is 26.7 Å². The van der Waals surface area contributed by atoms with Crippen molar-refractivity contribution in [3.8, 4) is 45.3 Å². The summed E-state index contributed by atoms with van der Waals surface area (Å²) in [5.74, 6) is 2.80. The summed E-state index contributed by atoms with van der Waals surface area (Å²) in [7, 11) is 3.57. The molecule has 2 atom stereocenters. The van der Waals surface area contributed by atoms with Gasteiger partial charge in [-0.3, -0.25) is 19.6 Å². The Bertz CT molecular complexity index is 2380. The van der Waals surface area contributed by atoms with E-state index in [0.717, 1.165) is 56.7 Å². The number of fused-ring (bicyclic) bond motifs is 6. The van der Waals surface area contributed by atoms with Gasteiger partial charge in [0.25, 0.3) is 11.8 Å². The van der Waals surface area contributed by atoms with Crippen molar-refractivity contribution in [2.75, 3.05) is 73.2 Å². The molecule has 0 spiro atoms. The normalized spacial score (nSPS) is 20.7. The lowest BCUT2D eigenvalue weighted by Crippen LogP contribution is -2.68. The van der Waals surface area contributed by atoms with Gasteiger partial charge in [-0.1, -0.05) is 74.5 Å². The van der Waals surface area contributed by atoms with Crippen molar-refractivity contribution in [1.29, 1.82) is 0 Å². The molecule has 0 N–H and O–H groups in total. The van der Waals surface area contributed by atoms with Gasteiger partial charge in [0.1, 0.15) is 22.5 Å². The van der Waals surface area contributed by atoms with Gasteiger partial charge in [-0.2, -0.15) is 0 Å². The zero-order valence-corrected chi connectivity index (χ0v) is 34.2. The lowest BCUT2D eigenvalue weighted by atomic mass is 9.89. The minimum Gasteiger partial charge on any atom is -0.377 e. The SMILES string of the molecule is CC[C@@]12COCCN1c1nc(-c3cccnc3-c3ccccc3)ncc1N(C)C2=O.CC[C@]12COCCN1c1nc(-c3cccnc3-c3ccccc3)ncc1N(C)C2=O. The summed E-state index contributed by atoms with van der Waals surface area (Å²) in [6, 6.07) is 27.8. The molecule has 4 aliphatic heterocycles. The number of carbonyl (C=O) groups is 2. The molecule has 2 aromatic carbocycles. The highest BCUT2D eigenvalue weighted by Gasteiger charge is 2.53. The maximum atomic E-state index is 13.2. The second-order valence-electron chi connectivity index (χ2n) is 15.2. The van der Waals surface area contributed by atoms with Gasteiger partial charge in [0.05, 0.1) is 50.2 Å². The Morgan fingerprint density at radius 1 is 0.567 bits per heavy atom. The van der Waals surface area contributed by atoms with Crippen LogP contribution < -0.4 is 19.6 Å². The molecule has 0 radical (unpaired) electrons. The minimum absolute atomic E-state index is 0.0277. The van der Waals surface area contributed by atoms with Gasteiger partial charge < -0.3 is 29.1 Å². The summed E-state index contributed by atoms with van der Waals surface area (Å²) in [5.41, 5.74) is 5.42. The van der Waals surface area contributed by atoms with E-state index in [9.17, 15) is 9.59 Å². The third-order valence-electron chi connectivity index (χ3n) is 12.1. The van der Waals surface area contributed by atoms with E-state index in [1.807, 2.05) is 98.8 Å². The first-order chi connectivity index (χ1) is 29.3. The van der Waals surface area contributed by atoms with E-state index < -0.39 is 11.1 Å². The maximum absolute atomic E-state index is 13.2. The predicted molar refractivity (Wildman–Crippen MR) is 231 cm³/mol. The molecule has 10 rings (SSSR count). The Kier molecular flexibility index (Phi) is 10.3. The van der Waals surface area contributed by atoms with Crippen molar-refractivity contribution in [3.05, 3.63) is 110 Å². The number of hydrogen-bond donors (Lipinski definition) is 0. The van der Waals surface area contributed by atoms with Crippen molar-refractivity contribution < 1.29 is 19.1 Å². The minimum atomic E-state index is -0.719. The number of hydrogen-bond acceptors (Lipinski definition) is 12. The van der Waals surface area contributed by atoms with Crippen LogP contribution in [0.15, 0.2) is 110 Å². The van der Waals surface area contributed by atoms with E-state index in [-0.39, 0.29) is 11.8 Å². The summed E-state index contributed by atoms with van der Waals surface area (Å²) in [6.45, 7) is 7.16. The molecule has 0 saturated carbocycles. The number of carbonyl (C=O) groups excluding carboxylic acids is 2. The van der Waals surface area contributed by atoms with Gasteiger partial charge in [-0.15, -0.1) is 0 Å². The van der Waals surface area contributed by atoms with Crippen LogP contribution in [-0.4, -0.2) is 106 Å². The number of anilines is 4. The zero-order valence-electron chi connectivity index (χ0n) is 34.2. The smallest absolute Gasteiger partial charge is 0.255 e. The Balaban J connectivity index is 0.000000154. The number of ether oxygens (including phenoxy) is 2. The van der Waals surface area contributed by atoms with Gasteiger partial charge in [-0.05, 0) is 37.1 Å². The largest absolute Gasteiger partial charge is 0.377 e. The number of aromatic nitrogens is 6. The molecule has 6 aromatic rings. The Morgan fingerprint density at radius 3 is 1.38 bits per heavy atom. The van der Waals surface area contributed by atoms with Crippen molar-refractivity contribution in [2.45, 2.75) is 37.8 Å². The summed E-state index contributed by atoms with van der Waals surface area (Å²) in [6.07, 6.45) is 8.34. The van der Waals surface area contributed by atoms with Crippen molar-refractivity contribution >= 4 is 34.8 Å². The summed E-state index contributed by atoms with van der Waals surface area (Å²) in [5, 5.41) is 0. The molecule has 8 heterocycles. The van der Waals surface area contributed by atoms with Crippen molar-refractivity contribution in [2.24, 2.45) is 0 Å². The van der Waals surface area contributed by atoms with Gasteiger partial charge >= 0.3 is 0 Å². The standard InChI is InChI=1S/2C23H23N5O2/c2*1-3-23-15-30-13-12-28(23)21-18(27(2)22(23)29)14-25-20(26-21)17-10-7-11-24-19(17)16-8-5-4-6-9-16/h2*4-11,14H,3,12-13,15H2,1-2H3/t2*23-/m10/s1. The van der Waals surface area contributed by atoms with E-state index in [1.165, 1.54) is 0 Å². The number of benzene rings is 2. The molecule has 0 unspecified atom stereocenters. The van der Waals surface area contributed by atoms with Gasteiger partial charge in [0, 0.05) is 61.8 Å². The molecule has 4 aromatic heterocycles. The van der Waals surface area contributed by atoms with Crippen LogP contribution in [-0.2, 0) is 19.1 Å². The predicted octanol–water partition coefficient (Wildman–Crippen LogP) is 6.33. The number of nitrogens with zero attached hydrogens (tertiary/aromatic N) is 10. The fourth-order valence-electron chi connectivity index (χ4n) is 8.77. The highest BCUT2D eigenvalue weighted by molar-refractivity contribution is 6.08. The summed E-state index contributed by atoms with van der Waals surface area (Å²) in [4.78, 5) is 62.3. The maximum Gasteiger partial charge on any atom is 0.255 e. The third-order valence-corrected chi connectivity index (χ3v) is 12.1. The van der Waals surface area contributed by atoms with Crippen LogP contribution in [0.25, 0.3) is 45.3 Å². The lowest BCUT2D eigenvalue weighted by Gasteiger charge is -2.51. The molecule has 4 aliphatic rings. The van der Waals surface area contributed by atoms with E-state index in [4.69, 9.17) is 19.4 Å². The van der Waals surface area contributed by atoms with Crippen LogP contribution >= 0.6 is 0 Å². The molecule has 14 nitrogen and oxygen atoms in total. The van der Waals surface area contributed by atoms with E-state index in [0.29, 0.717) is 64.0 Å². The fourth-order valence-corrected chi connectivity index (χ4v) is 8.77. The fraction of sp³-hybridized carbons (Fsp3) is 0.304. The lowest BCUT2D eigenvalue weighted by molar-refractivity contribution is -0.129. The molecular weight excluding hydrogens is 757 g/mol. The molecule has 14 heteroatoms. The van der Waals surface area contributed by atoms with E-state index in [1.54, 1.807) is 48.7 Å². The quantitative estimate of drug-likeness (QED) is 0.186. The monoisotopic (exact) mass is 802 g/mol. The third kappa shape index (κ3) is 6.34. The summed E-state index contributed by atoms with van der Waals surface area (Å²) >= 11 is 0. The summed E-state index contributed by atoms with van der Waals surface area (Å²) < 4.78 is 11.4. The molecule has 2 amide bonds. The molecule has 0 aliphatic carbocycles. The van der Waals surface area contributed by atoms with Crippen molar-refractivity contribution in [1.82, 2.24) is 29.9 Å². The van der Waals surface area contributed by atoms with Gasteiger partial charge in [-0.25, -0.2) is 19.9 Å². The van der Waals surface area contributed by atoms with Gasteiger partial charge in [0.15, 0.2) is 23.3 Å². The Hall–Kier alpha value is -6.64. The highest BCUT2D eigenvalue weighted by atomic mass is 16.5. The average Bonchev–Trinajstić information content (AvgIpc) is 3.32.